The topological polar surface area (TPSA) is 104 Å². The molecule has 0 aliphatic rings. The molecule has 0 aliphatic carbocycles. The third kappa shape index (κ3) is 6.46. The van der Waals surface area contributed by atoms with Gasteiger partial charge in [0.1, 0.15) is 5.58 Å². The second-order valence-electron chi connectivity index (χ2n) is 7.43. The van der Waals surface area contributed by atoms with E-state index < -0.39 is 17.8 Å². The highest BCUT2D eigenvalue weighted by atomic mass is 35.5. The van der Waals surface area contributed by atoms with Crippen LogP contribution < -0.4 is 10.6 Å². The summed E-state index contributed by atoms with van der Waals surface area (Å²) in [5.41, 5.74) is 1.17. The molecule has 0 saturated carbocycles. The highest BCUT2D eigenvalue weighted by Gasteiger charge is 2.22. The van der Waals surface area contributed by atoms with Crippen molar-refractivity contribution in [1.29, 1.82) is 0 Å². The lowest BCUT2D eigenvalue weighted by Crippen LogP contribution is -2.37. The normalized spacial score (nSPS) is 12.0. The minimum absolute atomic E-state index is 0.115. The maximum absolute atomic E-state index is 13.7. The lowest BCUT2D eigenvalue weighted by atomic mass is 10.1. The zero-order valence-electron chi connectivity index (χ0n) is 18.1. The summed E-state index contributed by atoms with van der Waals surface area (Å²) in [5, 5.41) is 16.2. The predicted molar refractivity (Wildman–Crippen MR) is 127 cm³/mol. The molecule has 3 aromatic rings. The predicted octanol–water partition coefficient (Wildman–Crippen LogP) is 4.17. The number of benzene rings is 1. The number of pyridine rings is 1. The van der Waals surface area contributed by atoms with Crippen molar-refractivity contribution < 1.29 is 23.5 Å². The Bertz CT molecular complexity index is 1120. The Balaban J connectivity index is 1.49. The quantitative estimate of drug-likeness (QED) is 0.346. The lowest BCUT2D eigenvalue weighted by Gasteiger charge is -2.16. The number of furan rings is 1. The molecule has 0 saturated heterocycles. The lowest BCUT2D eigenvalue weighted by molar-refractivity contribution is 0.0885. The zero-order valence-corrected chi connectivity index (χ0v) is 19.6. The number of aromatic nitrogens is 1. The van der Waals surface area contributed by atoms with Crippen molar-refractivity contribution in [2.24, 2.45) is 0 Å². The minimum atomic E-state index is -0.783. The van der Waals surface area contributed by atoms with E-state index in [1.807, 2.05) is 30.5 Å². The van der Waals surface area contributed by atoms with Crippen molar-refractivity contribution in [3.8, 4) is 0 Å². The molecule has 33 heavy (non-hydrogen) atoms. The molecule has 0 radical (unpaired) electrons. The maximum atomic E-state index is 13.7. The van der Waals surface area contributed by atoms with Crippen LogP contribution in [0, 0.1) is 5.82 Å². The SMILES string of the molecule is CSCc1c(C(=O)N[C@H](CO)CCCCNC(=O)c2ncc(Cl)cc2F)oc2ccccc12. The van der Waals surface area contributed by atoms with E-state index in [-0.39, 0.29) is 29.0 Å². The zero-order chi connectivity index (χ0) is 23.8. The van der Waals surface area contributed by atoms with Crippen LogP contribution >= 0.6 is 23.4 Å². The third-order valence-electron chi connectivity index (χ3n) is 5.04. The van der Waals surface area contributed by atoms with Crippen molar-refractivity contribution in [2.45, 2.75) is 31.1 Å². The molecule has 2 aromatic heterocycles. The number of halogens is 2. The molecule has 176 valence electrons. The first kappa shape index (κ1) is 25.0. The van der Waals surface area contributed by atoms with Crippen LogP contribution in [0.1, 0.15) is 45.9 Å². The Morgan fingerprint density at radius 1 is 1.27 bits per heavy atom. The molecule has 3 rings (SSSR count). The van der Waals surface area contributed by atoms with Crippen LogP contribution in [0.3, 0.4) is 0 Å². The van der Waals surface area contributed by atoms with Crippen LogP contribution in [0.2, 0.25) is 5.02 Å². The Hall–Kier alpha value is -2.62. The second-order valence-corrected chi connectivity index (χ2v) is 8.73. The van der Waals surface area contributed by atoms with Gasteiger partial charge in [0.05, 0.1) is 17.7 Å². The Labute approximate surface area is 200 Å². The number of aliphatic hydroxyl groups is 1. The fourth-order valence-electron chi connectivity index (χ4n) is 3.41. The molecule has 0 fully saturated rings. The van der Waals surface area contributed by atoms with Gasteiger partial charge in [-0.3, -0.25) is 9.59 Å². The number of nitrogens with zero attached hydrogens (tertiary/aromatic N) is 1. The Kier molecular flexibility index (Phi) is 9.11. The van der Waals surface area contributed by atoms with Gasteiger partial charge in [0, 0.05) is 29.4 Å². The third-order valence-corrected chi connectivity index (χ3v) is 5.82. The fraction of sp³-hybridized carbons (Fsp3) is 0.348. The minimum Gasteiger partial charge on any atom is -0.451 e. The van der Waals surface area contributed by atoms with Gasteiger partial charge in [-0.25, -0.2) is 9.37 Å². The summed E-state index contributed by atoms with van der Waals surface area (Å²) in [6.07, 6.45) is 4.87. The second kappa shape index (κ2) is 12.0. The van der Waals surface area contributed by atoms with E-state index in [0.29, 0.717) is 37.1 Å². The van der Waals surface area contributed by atoms with E-state index in [9.17, 15) is 19.1 Å². The first-order valence-corrected chi connectivity index (χ1v) is 12.2. The summed E-state index contributed by atoms with van der Waals surface area (Å²) in [6, 6.07) is 8.06. The van der Waals surface area contributed by atoms with Crippen LogP contribution in [-0.4, -0.2) is 47.4 Å². The molecule has 3 N–H and O–H groups in total. The van der Waals surface area contributed by atoms with Crippen LogP contribution in [0.5, 0.6) is 0 Å². The van der Waals surface area contributed by atoms with Gasteiger partial charge < -0.3 is 20.2 Å². The maximum Gasteiger partial charge on any atom is 0.287 e. The summed E-state index contributed by atoms with van der Waals surface area (Å²) >= 11 is 7.23. The largest absolute Gasteiger partial charge is 0.451 e. The van der Waals surface area contributed by atoms with Crippen LogP contribution in [0.15, 0.2) is 40.9 Å². The monoisotopic (exact) mass is 493 g/mol. The van der Waals surface area contributed by atoms with Gasteiger partial charge in [0.25, 0.3) is 11.8 Å². The van der Waals surface area contributed by atoms with Crippen molar-refractivity contribution in [3.05, 3.63) is 64.4 Å². The van der Waals surface area contributed by atoms with E-state index in [1.54, 1.807) is 11.8 Å². The number of nitrogens with one attached hydrogen (secondary N) is 2. The van der Waals surface area contributed by atoms with E-state index in [1.165, 1.54) is 6.20 Å². The molecule has 0 bridgehead atoms. The van der Waals surface area contributed by atoms with Gasteiger partial charge in [-0.15, -0.1) is 0 Å². The molecule has 10 heteroatoms. The summed E-state index contributed by atoms with van der Waals surface area (Å²) < 4.78 is 19.5. The highest BCUT2D eigenvalue weighted by Crippen LogP contribution is 2.28. The highest BCUT2D eigenvalue weighted by molar-refractivity contribution is 7.97. The number of carbonyl (C=O) groups excluding carboxylic acids is 2. The van der Waals surface area contributed by atoms with Gasteiger partial charge in [-0.1, -0.05) is 29.8 Å². The number of rotatable bonds is 11. The van der Waals surface area contributed by atoms with E-state index >= 15 is 0 Å². The van der Waals surface area contributed by atoms with Crippen molar-refractivity contribution in [2.75, 3.05) is 19.4 Å². The van der Waals surface area contributed by atoms with Gasteiger partial charge in [-0.2, -0.15) is 11.8 Å². The number of unbranched alkanes of at least 4 members (excludes halogenated alkanes) is 1. The average Bonchev–Trinajstić information content (AvgIpc) is 3.17. The van der Waals surface area contributed by atoms with Crippen molar-refractivity contribution in [3.63, 3.8) is 0 Å². The molecular formula is C23H25ClFN3O4S. The van der Waals surface area contributed by atoms with Crippen LogP contribution in [0.4, 0.5) is 4.39 Å². The number of amides is 2. The van der Waals surface area contributed by atoms with Crippen LogP contribution in [0.25, 0.3) is 11.0 Å². The van der Waals surface area contributed by atoms with Crippen molar-refractivity contribution in [1.82, 2.24) is 15.6 Å². The van der Waals surface area contributed by atoms with E-state index in [2.05, 4.69) is 15.6 Å². The Morgan fingerprint density at radius 3 is 2.79 bits per heavy atom. The summed E-state index contributed by atoms with van der Waals surface area (Å²) in [4.78, 5) is 28.6. The number of carbonyl (C=O) groups is 2. The number of hydrogen-bond acceptors (Lipinski definition) is 6. The van der Waals surface area contributed by atoms with Gasteiger partial charge in [0.2, 0.25) is 0 Å². The number of hydrogen-bond donors (Lipinski definition) is 3. The summed E-state index contributed by atoms with van der Waals surface area (Å²) in [7, 11) is 0. The molecule has 0 aliphatic heterocycles. The fourth-order valence-corrected chi connectivity index (χ4v) is 4.13. The molecular weight excluding hydrogens is 469 g/mol. The van der Waals surface area contributed by atoms with Crippen LogP contribution in [-0.2, 0) is 5.75 Å². The summed E-state index contributed by atoms with van der Waals surface area (Å²) in [6.45, 7) is 0.0756. The summed E-state index contributed by atoms with van der Waals surface area (Å²) in [5.74, 6) is -0.885. The van der Waals surface area contributed by atoms with Crippen molar-refractivity contribution >= 4 is 46.1 Å². The molecule has 2 amide bonds. The molecule has 1 aromatic carbocycles. The Morgan fingerprint density at radius 2 is 2.06 bits per heavy atom. The number of para-hydroxylation sites is 1. The van der Waals surface area contributed by atoms with Gasteiger partial charge >= 0.3 is 0 Å². The van der Waals surface area contributed by atoms with E-state index in [4.69, 9.17) is 16.0 Å². The molecule has 1 atom stereocenters. The smallest absolute Gasteiger partial charge is 0.287 e. The first-order chi connectivity index (χ1) is 15.9. The average molecular weight is 494 g/mol. The van der Waals surface area contributed by atoms with Gasteiger partial charge in [-0.05, 0) is 37.7 Å². The first-order valence-electron chi connectivity index (χ1n) is 10.4. The molecule has 7 nitrogen and oxygen atoms in total. The molecule has 0 unspecified atom stereocenters. The van der Waals surface area contributed by atoms with Gasteiger partial charge in [0.15, 0.2) is 17.3 Å². The molecule has 2 heterocycles. The number of aliphatic hydroxyl groups excluding tert-OH is 1. The molecule has 0 spiro atoms. The number of thioether (sulfide) groups is 1. The standard InChI is InChI=1S/C23H25ClFN3O4S/c1-33-13-17-16-7-2-3-8-19(16)32-21(17)23(31)28-15(12-29)6-4-5-9-26-22(30)20-18(25)10-14(24)11-27-20/h2-3,7-8,10-11,15,29H,4-6,9,12-13H2,1H3,(H,26,30)(H,28,31)/t15-/m0/s1. The number of fused-ring (bicyclic) bond motifs is 1. The van der Waals surface area contributed by atoms with E-state index in [0.717, 1.165) is 17.0 Å².